The largest absolute Gasteiger partial charge is 0.354 e. The van der Waals surface area contributed by atoms with Gasteiger partial charge in [-0.1, -0.05) is 78.9 Å². The molecule has 2 heteroatoms. The van der Waals surface area contributed by atoms with Gasteiger partial charge in [0.2, 0.25) is 0 Å². The van der Waals surface area contributed by atoms with Crippen molar-refractivity contribution in [3.8, 4) is 22.3 Å². The molecule has 0 atom stereocenters. The maximum atomic E-state index is 13.4. The van der Waals surface area contributed by atoms with E-state index in [0.717, 1.165) is 38.7 Å². The molecular weight excluding hydrogens is 330 g/mol. The molecule has 5 rings (SSSR count). The molecule has 0 saturated carbocycles. The van der Waals surface area contributed by atoms with Crippen molar-refractivity contribution in [2.45, 2.75) is 0 Å². The molecule has 0 bridgehead atoms. The molecule has 4 aromatic carbocycles. The molecule has 1 N–H and O–H groups in total. The van der Waals surface area contributed by atoms with Crippen LogP contribution in [0.3, 0.4) is 0 Å². The van der Waals surface area contributed by atoms with Crippen molar-refractivity contribution in [2.75, 3.05) is 0 Å². The maximum absolute atomic E-state index is 13.4. The third kappa shape index (κ3) is 2.54. The predicted molar refractivity (Wildman–Crippen MR) is 113 cm³/mol. The van der Waals surface area contributed by atoms with Gasteiger partial charge in [-0.15, -0.1) is 0 Å². The molecule has 0 unspecified atom stereocenters. The van der Waals surface area contributed by atoms with Gasteiger partial charge in [-0.05, 0) is 34.9 Å². The molecule has 5 aromatic rings. The summed E-state index contributed by atoms with van der Waals surface area (Å²) in [6, 6.07) is 32.2. The highest BCUT2D eigenvalue weighted by Gasteiger charge is 2.16. The smallest absolute Gasteiger partial charge is 0.197 e. The topological polar surface area (TPSA) is 32.9 Å². The zero-order chi connectivity index (χ0) is 18.2. The molecule has 0 amide bonds. The van der Waals surface area contributed by atoms with E-state index in [1.54, 1.807) is 0 Å². The Bertz CT molecular complexity index is 1320. The Morgan fingerprint density at radius 3 is 1.93 bits per heavy atom. The second kappa shape index (κ2) is 6.26. The van der Waals surface area contributed by atoms with Crippen molar-refractivity contribution in [1.82, 2.24) is 4.98 Å². The van der Waals surface area contributed by atoms with E-state index in [9.17, 15) is 4.79 Å². The van der Waals surface area contributed by atoms with Crippen molar-refractivity contribution < 1.29 is 0 Å². The lowest BCUT2D eigenvalue weighted by Crippen LogP contribution is -2.06. The number of hydrogen-bond acceptors (Lipinski definition) is 1. The van der Waals surface area contributed by atoms with Crippen LogP contribution in [0.25, 0.3) is 44.1 Å². The number of aromatic amines is 1. The van der Waals surface area contributed by atoms with Crippen LogP contribution < -0.4 is 5.43 Å². The van der Waals surface area contributed by atoms with Crippen LogP contribution in [0.15, 0.2) is 102 Å². The number of rotatable bonds is 2. The summed E-state index contributed by atoms with van der Waals surface area (Å²) in [6.07, 6.45) is 0. The monoisotopic (exact) mass is 347 g/mol. The third-order valence-corrected chi connectivity index (χ3v) is 5.02. The molecule has 0 spiro atoms. The quantitative estimate of drug-likeness (QED) is 0.389. The van der Waals surface area contributed by atoms with Crippen molar-refractivity contribution in [1.29, 1.82) is 0 Å². The van der Waals surface area contributed by atoms with E-state index in [0.29, 0.717) is 5.39 Å². The Labute approximate surface area is 156 Å². The van der Waals surface area contributed by atoms with E-state index >= 15 is 0 Å². The summed E-state index contributed by atoms with van der Waals surface area (Å²) < 4.78 is 0. The first-order chi connectivity index (χ1) is 13.3. The minimum Gasteiger partial charge on any atom is -0.354 e. The summed E-state index contributed by atoms with van der Waals surface area (Å²) in [6.45, 7) is 0. The molecule has 0 aliphatic carbocycles. The Morgan fingerprint density at radius 1 is 0.556 bits per heavy atom. The van der Waals surface area contributed by atoms with Crippen LogP contribution in [0.1, 0.15) is 0 Å². The first kappa shape index (κ1) is 15.6. The van der Waals surface area contributed by atoms with E-state index in [-0.39, 0.29) is 5.43 Å². The van der Waals surface area contributed by atoms with Gasteiger partial charge in [0.25, 0.3) is 0 Å². The maximum Gasteiger partial charge on any atom is 0.197 e. The predicted octanol–water partition coefficient (Wildman–Crippen LogP) is 6.02. The number of pyridine rings is 1. The van der Waals surface area contributed by atoms with Gasteiger partial charge in [0.15, 0.2) is 5.43 Å². The normalized spacial score (nSPS) is 11.1. The van der Waals surface area contributed by atoms with Gasteiger partial charge >= 0.3 is 0 Å². The number of aromatic nitrogens is 1. The minimum atomic E-state index is 0.0657. The summed E-state index contributed by atoms with van der Waals surface area (Å²) in [5.74, 6) is 0. The van der Waals surface area contributed by atoms with Crippen LogP contribution in [0.5, 0.6) is 0 Å². The van der Waals surface area contributed by atoms with Crippen LogP contribution in [-0.4, -0.2) is 4.98 Å². The number of hydrogen-bond donors (Lipinski definition) is 1. The molecule has 0 aliphatic rings. The number of H-pyrrole nitrogens is 1. The lowest BCUT2D eigenvalue weighted by Gasteiger charge is -2.14. The van der Waals surface area contributed by atoms with Crippen LogP contribution in [-0.2, 0) is 0 Å². The van der Waals surface area contributed by atoms with Gasteiger partial charge in [-0.3, -0.25) is 4.79 Å². The minimum absolute atomic E-state index is 0.0657. The van der Waals surface area contributed by atoms with Crippen LogP contribution in [0.4, 0.5) is 0 Å². The molecule has 0 radical (unpaired) electrons. The lowest BCUT2D eigenvalue weighted by molar-refractivity contribution is 1.47. The zero-order valence-electron chi connectivity index (χ0n) is 14.6. The van der Waals surface area contributed by atoms with Gasteiger partial charge in [-0.25, -0.2) is 0 Å². The highest BCUT2D eigenvalue weighted by atomic mass is 16.1. The first-order valence-electron chi connectivity index (χ1n) is 9.01. The summed E-state index contributed by atoms with van der Waals surface area (Å²) in [7, 11) is 0. The van der Waals surface area contributed by atoms with Crippen LogP contribution in [0.2, 0.25) is 0 Å². The van der Waals surface area contributed by atoms with Gasteiger partial charge in [-0.2, -0.15) is 0 Å². The molecule has 1 aromatic heterocycles. The second-order valence-corrected chi connectivity index (χ2v) is 6.64. The Morgan fingerprint density at radius 2 is 1.19 bits per heavy atom. The van der Waals surface area contributed by atoms with E-state index < -0.39 is 0 Å². The molecular formula is C25H17NO. The molecule has 1 heterocycles. The number of para-hydroxylation sites is 1. The van der Waals surface area contributed by atoms with Gasteiger partial charge in [0, 0.05) is 16.5 Å². The first-order valence-corrected chi connectivity index (χ1v) is 9.01. The Kier molecular flexibility index (Phi) is 3.61. The second-order valence-electron chi connectivity index (χ2n) is 6.64. The standard InChI is InChI=1S/C25H17NO/c27-25-20-13-7-8-14-21(20)26-22-16-15-19(17-9-3-1-4-10-17)23(24(22)25)18-11-5-2-6-12-18/h1-16H,(H,26,27). The molecule has 27 heavy (non-hydrogen) atoms. The van der Waals surface area contributed by atoms with Crippen molar-refractivity contribution in [2.24, 2.45) is 0 Å². The SMILES string of the molecule is O=c1c2ccccc2[nH]c2ccc(-c3ccccc3)c(-c3ccccc3)c12. The van der Waals surface area contributed by atoms with E-state index in [2.05, 4.69) is 35.3 Å². The fourth-order valence-corrected chi connectivity index (χ4v) is 3.78. The fraction of sp³-hybridized carbons (Fsp3) is 0. The molecule has 0 aliphatic heterocycles. The zero-order valence-corrected chi connectivity index (χ0v) is 14.6. The molecule has 2 nitrogen and oxygen atoms in total. The number of fused-ring (bicyclic) bond motifs is 2. The molecule has 0 saturated heterocycles. The van der Waals surface area contributed by atoms with Crippen LogP contribution in [0, 0.1) is 0 Å². The summed E-state index contributed by atoms with van der Waals surface area (Å²) >= 11 is 0. The van der Waals surface area contributed by atoms with E-state index in [4.69, 9.17) is 0 Å². The van der Waals surface area contributed by atoms with Gasteiger partial charge < -0.3 is 4.98 Å². The molecule has 0 fully saturated rings. The van der Waals surface area contributed by atoms with E-state index in [1.807, 2.05) is 66.7 Å². The Hall–Kier alpha value is -3.65. The summed E-state index contributed by atoms with van der Waals surface area (Å²) in [5.41, 5.74) is 5.98. The third-order valence-electron chi connectivity index (χ3n) is 5.02. The number of nitrogens with one attached hydrogen (secondary N) is 1. The van der Waals surface area contributed by atoms with Gasteiger partial charge in [0.1, 0.15) is 0 Å². The van der Waals surface area contributed by atoms with Crippen molar-refractivity contribution in [3.05, 3.63) is 107 Å². The lowest BCUT2D eigenvalue weighted by atomic mass is 9.90. The average molecular weight is 347 g/mol. The Balaban J connectivity index is 1.99. The highest BCUT2D eigenvalue weighted by Crippen LogP contribution is 2.36. The van der Waals surface area contributed by atoms with Gasteiger partial charge in [0.05, 0.1) is 10.9 Å². The van der Waals surface area contributed by atoms with Crippen LogP contribution >= 0.6 is 0 Å². The fourth-order valence-electron chi connectivity index (χ4n) is 3.78. The van der Waals surface area contributed by atoms with Crippen molar-refractivity contribution in [3.63, 3.8) is 0 Å². The average Bonchev–Trinajstić information content (AvgIpc) is 2.74. The summed E-state index contributed by atoms with van der Waals surface area (Å²) in [4.78, 5) is 16.9. The number of benzene rings is 4. The van der Waals surface area contributed by atoms with E-state index in [1.165, 1.54) is 0 Å². The highest BCUT2D eigenvalue weighted by molar-refractivity contribution is 6.06. The molecule has 128 valence electrons. The summed E-state index contributed by atoms with van der Waals surface area (Å²) in [5, 5.41) is 1.45. The van der Waals surface area contributed by atoms with Crippen molar-refractivity contribution >= 4 is 21.8 Å².